The van der Waals surface area contributed by atoms with Gasteiger partial charge in [0.25, 0.3) is 0 Å². The van der Waals surface area contributed by atoms with Gasteiger partial charge in [-0.25, -0.2) is 0 Å². The summed E-state index contributed by atoms with van der Waals surface area (Å²) in [5, 5.41) is 10.2. The first-order chi connectivity index (χ1) is 14.6. The molecule has 3 aromatic rings. The largest absolute Gasteiger partial charge is 0.481 e. The highest BCUT2D eigenvalue weighted by atomic mass is 31.2. The summed E-state index contributed by atoms with van der Waals surface area (Å²) in [5.74, 6) is -0.960. The van der Waals surface area contributed by atoms with E-state index in [1.54, 1.807) is 0 Å². The Morgan fingerprint density at radius 1 is 0.800 bits per heavy atom. The van der Waals surface area contributed by atoms with Crippen LogP contribution in [0.4, 0.5) is 11.4 Å². The fourth-order valence-corrected chi connectivity index (χ4v) is 7.03. The summed E-state index contributed by atoms with van der Waals surface area (Å²) >= 11 is 0. The highest BCUT2D eigenvalue weighted by molar-refractivity contribution is 7.78. The van der Waals surface area contributed by atoms with E-state index in [4.69, 9.17) is 0 Å². The smallest absolute Gasteiger partial charge is 0.308 e. The van der Waals surface area contributed by atoms with Crippen LogP contribution in [0.3, 0.4) is 0 Å². The number of para-hydroxylation sites is 2. The number of hydrogen-bond acceptors (Lipinski definition) is 4. The minimum absolute atomic E-state index is 0.230. The first kappa shape index (κ1) is 20.1. The summed E-state index contributed by atoms with van der Waals surface area (Å²) in [6.07, 6.45) is 1.60. The third-order valence-electron chi connectivity index (χ3n) is 5.16. The van der Waals surface area contributed by atoms with Crippen molar-refractivity contribution in [3.63, 3.8) is 0 Å². The van der Waals surface area contributed by atoms with Crippen LogP contribution in [-0.2, 0) is 4.79 Å². The Bertz CT molecular complexity index is 979. The van der Waals surface area contributed by atoms with Crippen LogP contribution in [0.15, 0.2) is 96.3 Å². The normalized spacial score (nSPS) is 16.0. The average molecular weight is 419 g/mol. The predicted octanol–water partition coefficient (Wildman–Crippen LogP) is 5.28. The summed E-state index contributed by atoms with van der Waals surface area (Å²) in [7, 11) is -3.17. The Kier molecular flexibility index (Phi) is 5.84. The Labute approximate surface area is 177 Å². The molecule has 1 aliphatic heterocycles. The van der Waals surface area contributed by atoms with E-state index in [0.29, 0.717) is 18.4 Å². The number of carboxylic acid groups (broad SMARTS) is 1. The van der Waals surface area contributed by atoms with Crippen LogP contribution >= 0.6 is 7.79 Å². The minimum atomic E-state index is -3.17. The van der Waals surface area contributed by atoms with Gasteiger partial charge in [0.05, 0.1) is 6.42 Å². The van der Waals surface area contributed by atoms with Crippen LogP contribution in [0.1, 0.15) is 12.0 Å². The zero-order chi connectivity index (χ0) is 21.0. The third-order valence-corrected chi connectivity index (χ3v) is 8.42. The number of nitrogens with zero attached hydrogens (tertiary/aromatic N) is 2. The molecule has 30 heavy (non-hydrogen) atoms. The first-order valence-corrected chi connectivity index (χ1v) is 11.5. The SMILES string of the molecule is O=C(O)CC(=Cc1ccccc1)[P]1(O)N(c2ccccc2)CCN1c1ccccc1. The molecule has 0 atom stereocenters. The molecule has 153 valence electrons. The van der Waals surface area contributed by atoms with E-state index in [1.807, 2.05) is 106 Å². The lowest BCUT2D eigenvalue weighted by atomic mass is 10.2. The van der Waals surface area contributed by atoms with Crippen molar-refractivity contribution >= 4 is 31.2 Å². The molecule has 0 saturated carbocycles. The van der Waals surface area contributed by atoms with Gasteiger partial charge in [0.1, 0.15) is 0 Å². The Balaban J connectivity index is 1.88. The molecule has 6 heteroatoms. The third kappa shape index (κ3) is 3.95. The zero-order valence-corrected chi connectivity index (χ0v) is 17.4. The maximum absolute atomic E-state index is 12.3. The fourth-order valence-electron chi connectivity index (χ4n) is 3.83. The fraction of sp³-hybridized carbons (Fsp3) is 0.125. The molecule has 0 amide bonds. The first-order valence-electron chi connectivity index (χ1n) is 9.85. The van der Waals surface area contributed by atoms with Crippen molar-refractivity contribution in [2.75, 3.05) is 22.4 Å². The molecule has 1 aliphatic rings. The molecule has 0 spiro atoms. The molecular formula is C24H24N2O3P. The van der Waals surface area contributed by atoms with E-state index in [2.05, 4.69) is 0 Å². The van der Waals surface area contributed by atoms with Crippen LogP contribution in [0, 0.1) is 0 Å². The van der Waals surface area contributed by atoms with Crippen LogP contribution in [0.2, 0.25) is 0 Å². The van der Waals surface area contributed by atoms with E-state index in [-0.39, 0.29) is 6.42 Å². The second kappa shape index (κ2) is 8.70. The summed E-state index contributed by atoms with van der Waals surface area (Å²) in [5.41, 5.74) is 2.64. The van der Waals surface area contributed by atoms with Gasteiger partial charge in [-0.15, -0.1) is 0 Å². The molecule has 1 fully saturated rings. The van der Waals surface area contributed by atoms with Gasteiger partial charge >= 0.3 is 5.97 Å². The van der Waals surface area contributed by atoms with E-state index >= 15 is 0 Å². The van der Waals surface area contributed by atoms with Crippen LogP contribution in [0.25, 0.3) is 6.08 Å². The molecule has 1 saturated heterocycles. The Morgan fingerprint density at radius 2 is 1.23 bits per heavy atom. The van der Waals surface area contributed by atoms with Gasteiger partial charge in [-0.3, -0.25) is 4.79 Å². The minimum Gasteiger partial charge on any atom is -0.481 e. The van der Waals surface area contributed by atoms with Crippen molar-refractivity contribution in [1.82, 2.24) is 0 Å². The molecule has 1 heterocycles. The van der Waals surface area contributed by atoms with Gasteiger partial charge in [0.15, 0.2) is 7.79 Å². The summed E-state index contributed by atoms with van der Waals surface area (Å²) in [6.45, 7) is 1.21. The Morgan fingerprint density at radius 3 is 1.67 bits per heavy atom. The number of carboxylic acids is 1. The number of benzene rings is 3. The van der Waals surface area contributed by atoms with E-state index in [9.17, 15) is 14.8 Å². The predicted molar refractivity (Wildman–Crippen MR) is 123 cm³/mol. The molecule has 0 unspecified atom stereocenters. The summed E-state index contributed by atoms with van der Waals surface area (Å²) < 4.78 is 3.97. The Hall–Kier alpha value is -3.14. The molecule has 0 aromatic heterocycles. The number of rotatable bonds is 6. The lowest BCUT2D eigenvalue weighted by Crippen LogP contribution is -2.26. The van der Waals surface area contributed by atoms with Crippen LogP contribution in [0.5, 0.6) is 0 Å². The van der Waals surface area contributed by atoms with Gasteiger partial charge in [0.2, 0.25) is 0 Å². The maximum Gasteiger partial charge on any atom is 0.308 e. The van der Waals surface area contributed by atoms with Crippen molar-refractivity contribution in [1.29, 1.82) is 0 Å². The van der Waals surface area contributed by atoms with Gasteiger partial charge in [-0.05, 0) is 35.9 Å². The molecule has 0 aliphatic carbocycles. The zero-order valence-electron chi connectivity index (χ0n) is 16.5. The molecular weight excluding hydrogens is 395 g/mol. The molecule has 2 N–H and O–H groups in total. The number of hydrogen-bond donors (Lipinski definition) is 2. The van der Waals surface area contributed by atoms with Crippen LogP contribution in [-0.4, -0.2) is 29.1 Å². The second-order valence-electron chi connectivity index (χ2n) is 7.10. The van der Waals surface area contributed by atoms with Gasteiger partial charge in [-0.1, -0.05) is 66.7 Å². The molecule has 3 aromatic carbocycles. The van der Waals surface area contributed by atoms with E-state index < -0.39 is 13.8 Å². The standard InChI is InChI=1S/C24H24N2O3P/c27-24(28)19-23(18-20-10-4-1-5-11-20)30(29)25(21-12-6-2-7-13-21)16-17-26(30)22-14-8-3-9-15-22/h1-15,18,29H,16-17,19H2,(H,27,28). The van der Waals surface area contributed by atoms with Crippen molar-refractivity contribution in [2.24, 2.45) is 0 Å². The maximum atomic E-state index is 12.3. The lowest BCUT2D eigenvalue weighted by molar-refractivity contribution is -0.136. The summed E-state index contributed by atoms with van der Waals surface area (Å²) in [4.78, 5) is 24.1. The van der Waals surface area contributed by atoms with E-state index in [1.165, 1.54) is 0 Å². The van der Waals surface area contributed by atoms with Crippen molar-refractivity contribution in [2.45, 2.75) is 6.42 Å². The van der Waals surface area contributed by atoms with Gasteiger partial charge in [0, 0.05) is 29.8 Å². The quantitative estimate of drug-likeness (QED) is 0.532. The highest BCUT2D eigenvalue weighted by Crippen LogP contribution is 2.73. The summed E-state index contributed by atoms with van der Waals surface area (Å²) in [6, 6.07) is 29.0. The van der Waals surface area contributed by atoms with Crippen LogP contribution < -0.4 is 9.34 Å². The second-order valence-corrected chi connectivity index (χ2v) is 9.78. The topological polar surface area (TPSA) is 64.0 Å². The van der Waals surface area contributed by atoms with Crippen molar-refractivity contribution in [3.8, 4) is 0 Å². The molecule has 4 rings (SSSR count). The highest BCUT2D eigenvalue weighted by Gasteiger charge is 2.48. The van der Waals surface area contributed by atoms with Gasteiger partial charge < -0.3 is 19.3 Å². The number of aliphatic carboxylic acids is 1. The molecule has 1 radical (unpaired) electrons. The number of anilines is 2. The van der Waals surface area contributed by atoms with Crippen molar-refractivity contribution in [3.05, 3.63) is 102 Å². The average Bonchev–Trinajstić information content (AvgIpc) is 3.13. The van der Waals surface area contributed by atoms with Gasteiger partial charge in [-0.2, -0.15) is 0 Å². The van der Waals surface area contributed by atoms with E-state index in [0.717, 1.165) is 16.9 Å². The monoisotopic (exact) mass is 419 g/mol. The van der Waals surface area contributed by atoms with Crippen molar-refractivity contribution < 1.29 is 14.8 Å². The molecule has 5 nitrogen and oxygen atoms in total. The lowest BCUT2D eigenvalue weighted by Gasteiger charge is -2.43. The number of carbonyl (C=O) groups is 1. The molecule has 0 bridgehead atoms.